The molecule has 18 heavy (non-hydrogen) atoms. The van der Waals surface area contributed by atoms with Crippen LogP contribution in [0.1, 0.15) is 5.56 Å². The molecule has 0 N–H and O–H groups in total. The average Bonchev–Trinajstić information content (AvgIpc) is 2.73. The molecule has 0 saturated heterocycles. The van der Waals surface area contributed by atoms with Crippen LogP contribution in [-0.2, 0) is 0 Å². The predicted molar refractivity (Wildman–Crippen MR) is 77.2 cm³/mol. The Balaban J connectivity index is 2.25. The molecule has 0 aliphatic heterocycles. The van der Waals surface area contributed by atoms with E-state index in [-0.39, 0.29) is 0 Å². The normalized spacial score (nSPS) is 11.6. The van der Waals surface area contributed by atoms with Crippen LogP contribution in [0.25, 0.3) is 31.5 Å². The summed E-state index contributed by atoms with van der Waals surface area (Å²) in [6.45, 7) is 2.11. The van der Waals surface area contributed by atoms with E-state index in [1.807, 2.05) is 24.3 Å². The molecule has 0 amide bonds. The zero-order valence-corrected chi connectivity index (χ0v) is 10.7. The van der Waals surface area contributed by atoms with Crippen LogP contribution in [0.5, 0.6) is 0 Å². The maximum Gasteiger partial charge on any atom is 0.143 e. The molecule has 0 aliphatic rings. The van der Waals surface area contributed by atoms with Gasteiger partial charge in [-0.1, -0.05) is 23.8 Å². The Labute approximate surface area is 108 Å². The van der Waals surface area contributed by atoms with Crippen molar-refractivity contribution in [2.75, 3.05) is 0 Å². The van der Waals surface area contributed by atoms with Crippen molar-refractivity contribution in [2.45, 2.75) is 6.92 Å². The van der Waals surface area contributed by atoms with Crippen molar-refractivity contribution in [1.29, 1.82) is 0 Å². The standard InChI is InChI=1S/C15H10N2S/c1-9-6-7-13-10(8-9)14-15(18-13)17-12-5-3-2-4-11(12)16-14/h2-8H,1H3. The molecule has 0 fully saturated rings. The highest BCUT2D eigenvalue weighted by molar-refractivity contribution is 7.25. The average molecular weight is 250 g/mol. The Bertz CT molecular complexity index is 893. The van der Waals surface area contributed by atoms with Crippen LogP contribution in [0.3, 0.4) is 0 Å². The van der Waals surface area contributed by atoms with E-state index in [4.69, 9.17) is 9.97 Å². The summed E-state index contributed by atoms with van der Waals surface area (Å²) in [6, 6.07) is 14.5. The fourth-order valence-corrected chi connectivity index (χ4v) is 3.26. The van der Waals surface area contributed by atoms with Gasteiger partial charge in [0.15, 0.2) is 0 Å². The Kier molecular flexibility index (Phi) is 1.94. The van der Waals surface area contributed by atoms with E-state index in [2.05, 4.69) is 25.1 Å². The first kappa shape index (κ1) is 9.97. The zero-order chi connectivity index (χ0) is 12.1. The highest BCUT2D eigenvalue weighted by Crippen LogP contribution is 2.32. The number of aryl methyl sites for hydroxylation is 1. The highest BCUT2D eigenvalue weighted by atomic mass is 32.1. The summed E-state index contributed by atoms with van der Waals surface area (Å²) in [4.78, 5) is 10.5. The van der Waals surface area contributed by atoms with Gasteiger partial charge >= 0.3 is 0 Å². The summed E-state index contributed by atoms with van der Waals surface area (Å²) >= 11 is 1.71. The molecule has 0 atom stereocenters. The zero-order valence-electron chi connectivity index (χ0n) is 9.84. The largest absolute Gasteiger partial charge is 0.243 e. The molecular formula is C15H10N2S. The summed E-state index contributed by atoms with van der Waals surface area (Å²) < 4.78 is 1.26. The molecule has 4 aromatic rings. The van der Waals surface area contributed by atoms with Crippen LogP contribution in [0.15, 0.2) is 42.5 Å². The molecule has 2 aromatic heterocycles. The van der Waals surface area contributed by atoms with Gasteiger partial charge in [-0.2, -0.15) is 0 Å². The molecule has 0 bridgehead atoms. The van der Waals surface area contributed by atoms with Crippen molar-refractivity contribution in [1.82, 2.24) is 9.97 Å². The number of thiophene rings is 1. The minimum Gasteiger partial charge on any atom is -0.243 e. The van der Waals surface area contributed by atoms with Gasteiger partial charge in [0.05, 0.1) is 11.0 Å². The maximum atomic E-state index is 4.75. The lowest BCUT2D eigenvalue weighted by atomic mass is 10.2. The molecule has 0 unspecified atom stereocenters. The summed E-state index contributed by atoms with van der Waals surface area (Å²) in [5, 5.41) is 1.22. The molecule has 86 valence electrons. The minimum atomic E-state index is 0.964. The lowest BCUT2D eigenvalue weighted by Gasteiger charge is -1.96. The predicted octanol–water partition coefficient (Wildman–Crippen LogP) is 4.31. The van der Waals surface area contributed by atoms with E-state index in [1.54, 1.807) is 11.3 Å². The molecule has 0 aliphatic carbocycles. The van der Waals surface area contributed by atoms with E-state index in [9.17, 15) is 0 Å². The number of aromatic nitrogens is 2. The van der Waals surface area contributed by atoms with Crippen molar-refractivity contribution >= 4 is 42.8 Å². The molecule has 2 aromatic carbocycles. The SMILES string of the molecule is Cc1ccc2sc3nc4ccccc4nc3c2c1. The Hall–Kier alpha value is -2.00. The third-order valence-corrected chi connectivity index (χ3v) is 4.19. The second kappa shape index (κ2) is 3.50. The van der Waals surface area contributed by atoms with Crippen molar-refractivity contribution in [3.63, 3.8) is 0 Å². The van der Waals surface area contributed by atoms with Gasteiger partial charge < -0.3 is 0 Å². The first-order valence-electron chi connectivity index (χ1n) is 5.87. The molecule has 2 nitrogen and oxygen atoms in total. The van der Waals surface area contributed by atoms with Gasteiger partial charge in [0.25, 0.3) is 0 Å². The number of fused-ring (bicyclic) bond motifs is 4. The number of hydrogen-bond acceptors (Lipinski definition) is 3. The lowest BCUT2D eigenvalue weighted by Crippen LogP contribution is -1.83. The van der Waals surface area contributed by atoms with Gasteiger partial charge in [-0.3, -0.25) is 0 Å². The number of benzene rings is 2. The Morgan fingerprint density at radius 1 is 0.944 bits per heavy atom. The van der Waals surface area contributed by atoms with Crippen LogP contribution in [0.4, 0.5) is 0 Å². The van der Waals surface area contributed by atoms with Crippen molar-refractivity contribution < 1.29 is 0 Å². The quantitative estimate of drug-likeness (QED) is 0.465. The molecular weight excluding hydrogens is 240 g/mol. The molecule has 0 radical (unpaired) electrons. The van der Waals surface area contributed by atoms with Crippen LogP contribution in [-0.4, -0.2) is 9.97 Å². The first-order valence-corrected chi connectivity index (χ1v) is 6.68. The minimum absolute atomic E-state index is 0.964. The first-order chi connectivity index (χ1) is 8.81. The fraction of sp³-hybridized carbons (Fsp3) is 0.0667. The van der Waals surface area contributed by atoms with Crippen LogP contribution in [0.2, 0.25) is 0 Å². The van der Waals surface area contributed by atoms with E-state index in [0.29, 0.717) is 0 Å². The van der Waals surface area contributed by atoms with Gasteiger partial charge in [0.1, 0.15) is 10.3 Å². The summed E-state index contributed by atoms with van der Waals surface area (Å²) in [6.07, 6.45) is 0. The van der Waals surface area contributed by atoms with Gasteiger partial charge in [-0.05, 0) is 31.2 Å². The fourth-order valence-electron chi connectivity index (χ4n) is 2.25. The van der Waals surface area contributed by atoms with E-state index >= 15 is 0 Å². The second-order valence-corrected chi connectivity index (χ2v) is 5.50. The van der Waals surface area contributed by atoms with Crippen LogP contribution >= 0.6 is 11.3 Å². The third-order valence-electron chi connectivity index (χ3n) is 3.14. The molecule has 2 heterocycles. The number of nitrogens with zero attached hydrogens (tertiary/aromatic N) is 2. The molecule has 4 rings (SSSR count). The van der Waals surface area contributed by atoms with E-state index in [1.165, 1.54) is 15.6 Å². The summed E-state index contributed by atoms with van der Waals surface area (Å²) in [7, 11) is 0. The summed E-state index contributed by atoms with van der Waals surface area (Å²) in [5.74, 6) is 0. The van der Waals surface area contributed by atoms with Gasteiger partial charge in [0.2, 0.25) is 0 Å². The molecule has 3 heteroatoms. The second-order valence-electron chi connectivity index (χ2n) is 4.47. The third kappa shape index (κ3) is 1.34. The van der Waals surface area contributed by atoms with Crippen LogP contribution < -0.4 is 0 Å². The highest BCUT2D eigenvalue weighted by Gasteiger charge is 2.09. The van der Waals surface area contributed by atoms with E-state index < -0.39 is 0 Å². The number of rotatable bonds is 0. The van der Waals surface area contributed by atoms with Crippen LogP contribution in [0, 0.1) is 6.92 Å². The molecule has 0 spiro atoms. The van der Waals surface area contributed by atoms with E-state index in [0.717, 1.165) is 21.4 Å². The Morgan fingerprint density at radius 3 is 2.56 bits per heavy atom. The maximum absolute atomic E-state index is 4.75. The monoisotopic (exact) mass is 250 g/mol. The number of para-hydroxylation sites is 2. The van der Waals surface area contributed by atoms with Crippen molar-refractivity contribution in [3.8, 4) is 0 Å². The smallest absolute Gasteiger partial charge is 0.143 e. The summed E-state index contributed by atoms with van der Waals surface area (Å²) in [5.41, 5.74) is 4.22. The van der Waals surface area contributed by atoms with Crippen molar-refractivity contribution in [2.24, 2.45) is 0 Å². The van der Waals surface area contributed by atoms with Crippen molar-refractivity contribution in [3.05, 3.63) is 48.0 Å². The number of hydrogen-bond donors (Lipinski definition) is 0. The van der Waals surface area contributed by atoms with Gasteiger partial charge in [-0.25, -0.2) is 9.97 Å². The topological polar surface area (TPSA) is 25.8 Å². The van der Waals surface area contributed by atoms with Gasteiger partial charge in [-0.15, -0.1) is 11.3 Å². The Morgan fingerprint density at radius 2 is 1.72 bits per heavy atom. The molecule has 0 saturated carbocycles. The van der Waals surface area contributed by atoms with Gasteiger partial charge in [0, 0.05) is 10.1 Å². The lowest BCUT2D eigenvalue weighted by molar-refractivity contribution is 1.43.